The van der Waals surface area contributed by atoms with E-state index in [4.69, 9.17) is 0 Å². The van der Waals surface area contributed by atoms with Crippen LogP contribution in [0.2, 0.25) is 0 Å². The minimum atomic E-state index is -3.28. The van der Waals surface area contributed by atoms with E-state index in [1.165, 1.54) is 9.87 Å². The predicted molar refractivity (Wildman–Crippen MR) is 64.0 cm³/mol. The van der Waals surface area contributed by atoms with Gasteiger partial charge in [0, 0.05) is 13.6 Å². The van der Waals surface area contributed by atoms with Gasteiger partial charge in [0.2, 0.25) is 10.0 Å². The van der Waals surface area contributed by atoms with E-state index >= 15 is 0 Å². The Hall–Kier alpha value is -0.870. The number of benzene rings is 1. The zero-order chi connectivity index (χ0) is 11.8. The molecule has 0 heterocycles. The van der Waals surface area contributed by atoms with Crippen molar-refractivity contribution in [1.29, 1.82) is 0 Å². The Labute approximate surface area is 97.1 Å². The highest BCUT2D eigenvalue weighted by molar-refractivity contribution is 7.89. The number of hydrogen-bond donors (Lipinski definition) is 0. The molecule has 0 bridgehead atoms. The molecule has 2 rings (SSSR count). The van der Waals surface area contributed by atoms with Gasteiger partial charge in [0.1, 0.15) is 0 Å². The molecule has 0 saturated heterocycles. The molecule has 0 saturated carbocycles. The van der Waals surface area contributed by atoms with Crippen molar-refractivity contribution < 1.29 is 8.42 Å². The van der Waals surface area contributed by atoms with E-state index in [0.29, 0.717) is 11.4 Å². The first-order chi connectivity index (χ1) is 7.57. The first kappa shape index (κ1) is 11.6. The smallest absolute Gasteiger partial charge is 0.207 e. The van der Waals surface area contributed by atoms with Crippen LogP contribution in [-0.2, 0) is 22.9 Å². The summed E-state index contributed by atoms with van der Waals surface area (Å²) in [6.07, 6.45) is 2.97. The van der Waals surface area contributed by atoms with Crippen molar-refractivity contribution in [2.75, 3.05) is 13.6 Å². The van der Waals surface area contributed by atoms with Crippen LogP contribution in [0.15, 0.2) is 23.1 Å². The third-order valence-corrected chi connectivity index (χ3v) is 5.25. The largest absolute Gasteiger partial charge is 0.243 e. The minimum absolute atomic E-state index is 0.506. The molecule has 88 valence electrons. The molecule has 0 fully saturated rings. The first-order valence-electron chi connectivity index (χ1n) is 5.64. The molecule has 3 nitrogen and oxygen atoms in total. The second-order valence-corrected chi connectivity index (χ2v) is 6.18. The van der Waals surface area contributed by atoms with Gasteiger partial charge in [0.15, 0.2) is 0 Å². The molecule has 0 radical (unpaired) electrons. The maximum absolute atomic E-state index is 12.2. The maximum Gasteiger partial charge on any atom is 0.243 e. The Morgan fingerprint density at radius 2 is 2.06 bits per heavy atom. The average molecular weight is 239 g/mol. The highest BCUT2D eigenvalue weighted by Crippen LogP contribution is 2.29. The van der Waals surface area contributed by atoms with Gasteiger partial charge in [0.25, 0.3) is 0 Å². The zero-order valence-corrected chi connectivity index (χ0v) is 10.5. The van der Waals surface area contributed by atoms with E-state index in [1.807, 2.05) is 19.1 Å². The van der Waals surface area contributed by atoms with E-state index in [1.54, 1.807) is 13.1 Å². The molecule has 1 aromatic rings. The number of rotatable bonds is 3. The Morgan fingerprint density at radius 1 is 1.31 bits per heavy atom. The lowest BCUT2D eigenvalue weighted by Gasteiger charge is -2.17. The summed E-state index contributed by atoms with van der Waals surface area (Å²) in [5, 5.41) is 0. The fourth-order valence-electron chi connectivity index (χ4n) is 2.16. The van der Waals surface area contributed by atoms with Crippen molar-refractivity contribution in [2.45, 2.75) is 31.1 Å². The number of sulfonamides is 1. The van der Waals surface area contributed by atoms with E-state index in [9.17, 15) is 8.42 Å². The molecule has 0 unspecified atom stereocenters. The lowest BCUT2D eigenvalue weighted by Crippen LogP contribution is -2.27. The molecular formula is C12H17NO2S. The number of aryl methyl sites for hydroxylation is 1. The predicted octanol–water partition coefficient (Wildman–Crippen LogP) is 1.82. The van der Waals surface area contributed by atoms with Gasteiger partial charge in [-0.05, 0) is 36.5 Å². The molecule has 0 atom stereocenters. The highest BCUT2D eigenvalue weighted by atomic mass is 32.2. The molecule has 1 aliphatic carbocycles. The molecule has 0 amide bonds. The summed E-state index contributed by atoms with van der Waals surface area (Å²) in [6, 6.07) is 5.61. The van der Waals surface area contributed by atoms with Crippen molar-refractivity contribution in [1.82, 2.24) is 4.31 Å². The fourth-order valence-corrected chi connectivity index (χ4v) is 3.63. The monoisotopic (exact) mass is 239 g/mol. The van der Waals surface area contributed by atoms with Gasteiger partial charge < -0.3 is 0 Å². The third-order valence-electron chi connectivity index (χ3n) is 3.24. The molecule has 4 heteroatoms. The van der Waals surface area contributed by atoms with Crippen molar-refractivity contribution in [3.05, 3.63) is 29.3 Å². The first-order valence-corrected chi connectivity index (χ1v) is 7.08. The lowest BCUT2D eigenvalue weighted by atomic mass is 10.1. The van der Waals surface area contributed by atoms with Crippen LogP contribution >= 0.6 is 0 Å². The maximum atomic E-state index is 12.2. The summed E-state index contributed by atoms with van der Waals surface area (Å²) < 4.78 is 25.9. The van der Waals surface area contributed by atoms with Crippen molar-refractivity contribution in [3.63, 3.8) is 0 Å². The van der Waals surface area contributed by atoms with Gasteiger partial charge in [-0.3, -0.25) is 0 Å². The lowest BCUT2D eigenvalue weighted by molar-refractivity contribution is 0.485. The third kappa shape index (κ3) is 1.76. The van der Waals surface area contributed by atoms with Gasteiger partial charge in [-0.25, -0.2) is 12.7 Å². The number of nitrogens with zero attached hydrogens (tertiary/aromatic N) is 1. The summed E-state index contributed by atoms with van der Waals surface area (Å²) in [7, 11) is -1.65. The van der Waals surface area contributed by atoms with E-state index in [0.717, 1.165) is 24.8 Å². The second-order valence-electron chi connectivity index (χ2n) is 4.17. The van der Waals surface area contributed by atoms with Gasteiger partial charge in [-0.15, -0.1) is 0 Å². The summed E-state index contributed by atoms with van der Waals surface area (Å²) in [4.78, 5) is 0.506. The van der Waals surface area contributed by atoms with Gasteiger partial charge in [-0.2, -0.15) is 0 Å². The standard InChI is InChI=1S/C12H17NO2S/c1-3-13(2)16(14,15)12-9-5-7-10-6-4-8-11(10)12/h5,7,9H,3-4,6,8H2,1-2H3. The van der Waals surface area contributed by atoms with Crippen LogP contribution in [0.3, 0.4) is 0 Å². The van der Waals surface area contributed by atoms with E-state index < -0.39 is 10.0 Å². The van der Waals surface area contributed by atoms with E-state index in [-0.39, 0.29) is 0 Å². The molecule has 1 aliphatic rings. The van der Waals surface area contributed by atoms with Crippen LogP contribution in [-0.4, -0.2) is 26.3 Å². The van der Waals surface area contributed by atoms with Gasteiger partial charge in [-0.1, -0.05) is 19.1 Å². The van der Waals surface area contributed by atoms with Crippen LogP contribution in [0.25, 0.3) is 0 Å². The van der Waals surface area contributed by atoms with Crippen LogP contribution in [0.1, 0.15) is 24.5 Å². The van der Waals surface area contributed by atoms with E-state index in [2.05, 4.69) is 0 Å². The van der Waals surface area contributed by atoms with Crippen LogP contribution in [0.5, 0.6) is 0 Å². The van der Waals surface area contributed by atoms with Gasteiger partial charge >= 0.3 is 0 Å². The Balaban J connectivity index is 2.54. The van der Waals surface area contributed by atoms with Crippen LogP contribution in [0.4, 0.5) is 0 Å². The topological polar surface area (TPSA) is 37.4 Å². The summed E-state index contributed by atoms with van der Waals surface area (Å²) in [5.41, 5.74) is 2.23. The van der Waals surface area contributed by atoms with Crippen LogP contribution in [0, 0.1) is 0 Å². The Bertz CT molecular complexity index is 494. The SMILES string of the molecule is CCN(C)S(=O)(=O)c1cccc2c1CCC2. The van der Waals surface area contributed by atoms with Crippen molar-refractivity contribution in [3.8, 4) is 0 Å². The minimum Gasteiger partial charge on any atom is -0.207 e. The summed E-state index contributed by atoms with van der Waals surface area (Å²) in [5.74, 6) is 0. The quantitative estimate of drug-likeness (QED) is 0.807. The molecule has 0 N–H and O–H groups in total. The molecule has 0 aromatic heterocycles. The Morgan fingerprint density at radius 3 is 2.75 bits per heavy atom. The average Bonchev–Trinajstić information content (AvgIpc) is 2.75. The molecule has 0 aliphatic heterocycles. The molecule has 0 spiro atoms. The summed E-state index contributed by atoms with van der Waals surface area (Å²) in [6.45, 7) is 2.35. The Kier molecular flexibility index (Phi) is 3.04. The van der Waals surface area contributed by atoms with Crippen molar-refractivity contribution in [2.24, 2.45) is 0 Å². The normalized spacial score (nSPS) is 15.4. The number of hydrogen-bond acceptors (Lipinski definition) is 2. The highest BCUT2D eigenvalue weighted by Gasteiger charge is 2.25. The summed E-state index contributed by atoms with van der Waals surface area (Å²) >= 11 is 0. The second kappa shape index (κ2) is 4.18. The molecular weight excluding hydrogens is 222 g/mol. The fraction of sp³-hybridized carbons (Fsp3) is 0.500. The zero-order valence-electron chi connectivity index (χ0n) is 9.73. The van der Waals surface area contributed by atoms with Gasteiger partial charge in [0.05, 0.1) is 4.90 Å². The van der Waals surface area contributed by atoms with Crippen molar-refractivity contribution >= 4 is 10.0 Å². The van der Waals surface area contributed by atoms with Crippen LogP contribution < -0.4 is 0 Å². The molecule has 1 aromatic carbocycles. The molecule has 16 heavy (non-hydrogen) atoms. The number of fused-ring (bicyclic) bond motifs is 1.